The maximum atomic E-state index is 13.5. The van der Waals surface area contributed by atoms with Crippen LogP contribution < -0.4 is 0 Å². The van der Waals surface area contributed by atoms with Gasteiger partial charge in [-0.15, -0.1) is 0 Å². The molecule has 80 valence electrons. The van der Waals surface area contributed by atoms with Gasteiger partial charge < -0.3 is 5.11 Å². The van der Waals surface area contributed by atoms with Gasteiger partial charge in [-0.05, 0) is 24.8 Å². The van der Waals surface area contributed by atoms with Gasteiger partial charge in [0.1, 0.15) is 11.4 Å². The second-order valence-corrected chi connectivity index (χ2v) is 4.28. The number of hydrogen-bond acceptors (Lipinski definition) is 1. The Bertz CT molecular complexity index is 386. The van der Waals surface area contributed by atoms with Gasteiger partial charge in [-0.25, -0.2) is 4.39 Å². The number of aliphatic hydroxyl groups is 1. The molecule has 1 aromatic carbocycles. The molecule has 2 heteroatoms. The van der Waals surface area contributed by atoms with Crippen molar-refractivity contribution < 1.29 is 9.50 Å². The van der Waals surface area contributed by atoms with E-state index in [0.29, 0.717) is 17.9 Å². The third kappa shape index (κ3) is 1.95. The molecule has 0 amide bonds. The van der Waals surface area contributed by atoms with Crippen molar-refractivity contribution in [3.05, 3.63) is 47.8 Å². The highest BCUT2D eigenvalue weighted by Crippen LogP contribution is 2.35. The van der Waals surface area contributed by atoms with Crippen molar-refractivity contribution in [1.29, 1.82) is 0 Å². The molecule has 2 unspecified atom stereocenters. The van der Waals surface area contributed by atoms with Crippen LogP contribution in [0.3, 0.4) is 0 Å². The summed E-state index contributed by atoms with van der Waals surface area (Å²) >= 11 is 0. The summed E-state index contributed by atoms with van der Waals surface area (Å²) in [5.41, 5.74) is -0.731. The van der Waals surface area contributed by atoms with E-state index in [2.05, 4.69) is 6.92 Å². The lowest BCUT2D eigenvalue weighted by atomic mass is 9.81. The molecule has 0 fully saturated rings. The van der Waals surface area contributed by atoms with Gasteiger partial charge in [0.25, 0.3) is 0 Å². The Morgan fingerprint density at radius 2 is 2.13 bits per heavy atom. The molecule has 0 radical (unpaired) electrons. The Hall–Kier alpha value is -1.15. The maximum Gasteiger partial charge on any atom is 0.129 e. The number of rotatable bonds is 1. The van der Waals surface area contributed by atoms with E-state index in [-0.39, 0.29) is 5.82 Å². The summed E-state index contributed by atoms with van der Waals surface area (Å²) in [4.78, 5) is 0. The standard InChI is InChI=1S/C13H15FO/c1-10-6-8-13(15,9-7-10)11-4-2-3-5-12(11)14/h2-6,8,10,15H,7,9H2,1H3. The fourth-order valence-corrected chi connectivity index (χ4v) is 1.99. The van der Waals surface area contributed by atoms with Crippen molar-refractivity contribution in [2.45, 2.75) is 25.4 Å². The fraction of sp³-hybridized carbons (Fsp3) is 0.385. The quantitative estimate of drug-likeness (QED) is 0.700. The van der Waals surface area contributed by atoms with Gasteiger partial charge in [0.2, 0.25) is 0 Å². The third-order valence-corrected chi connectivity index (χ3v) is 3.02. The summed E-state index contributed by atoms with van der Waals surface area (Å²) in [6.07, 6.45) is 5.16. The van der Waals surface area contributed by atoms with Crippen LogP contribution in [0.1, 0.15) is 25.3 Å². The number of halogens is 1. The van der Waals surface area contributed by atoms with E-state index in [1.807, 2.05) is 6.08 Å². The minimum absolute atomic E-state index is 0.334. The summed E-state index contributed by atoms with van der Waals surface area (Å²) in [5, 5.41) is 10.3. The molecule has 1 aliphatic carbocycles. The van der Waals surface area contributed by atoms with E-state index < -0.39 is 5.60 Å². The molecule has 0 bridgehead atoms. The summed E-state index contributed by atoms with van der Waals surface area (Å²) in [6, 6.07) is 6.43. The Balaban J connectivity index is 2.38. The van der Waals surface area contributed by atoms with Gasteiger partial charge in [0.15, 0.2) is 0 Å². The zero-order chi connectivity index (χ0) is 10.9. The Labute approximate surface area is 89.3 Å². The fourth-order valence-electron chi connectivity index (χ4n) is 1.99. The topological polar surface area (TPSA) is 20.2 Å². The Morgan fingerprint density at radius 1 is 1.40 bits per heavy atom. The predicted octanol–water partition coefficient (Wildman–Crippen LogP) is 3.00. The average molecular weight is 206 g/mol. The highest BCUT2D eigenvalue weighted by molar-refractivity contribution is 5.30. The second kappa shape index (κ2) is 3.78. The molecule has 1 N–H and O–H groups in total. The molecule has 1 aromatic rings. The van der Waals surface area contributed by atoms with E-state index in [0.717, 1.165) is 6.42 Å². The van der Waals surface area contributed by atoms with Gasteiger partial charge in [-0.1, -0.05) is 37.3 Å². The van der Waals surface area contributed by atoms with Crippen LogP contribution in [0.2, 0.25) is 0 Å². The first-order valence-electron chi connectivity index (χ1n) is 5.28. The van der Waals surface area contributed by atoms with Crippen LogP contribution in [-0.2, 0) is 5.60 Å². The molecule has 0 saturated carbocycles. The first kappa shape index (κ1) is 10.4. The normalized spacial score (nSPS) is 30.5. The minimum atomic E-state index is -1.11. The van der Waals surface area contributed by atoms with Crippen molar-refractivity contribution in [2.75, 3.05) is 0 Å². The SMILES string of the molecule is CC1C=CC(O)(c2ccccc2F)CC1. The third-order valence-electron chi connectivity index (χ3n) is 3.02. The summed E-state index contributed by atoms with van der Waals surface area (Å²) < 4.78 is 13.5. The van der Waals surface area contributed by atoms with Gasteiger partial charge in [-0.2, -0.15) is 0 Å². The lowest BCUT2D eigenvalue weighted by Gasteiger charge is -2.30. The van der Waals surface area contributed by atoms with Crippen LogP contribution in [-0.4, -0.2) is 5.11 Å². The van der Waals surface area contributed by atoms with Gasteiger partial charge >= 0.3 is 0 Å². The van der Waals surface area contributed by atoms with E-state index >= 15 is 0 Å². The molecule has 0 saturated heterocycles. The molecule has 0 aromatic heterocycles. The number of benzene rings is 1. The Kier molecular flexibility index (Phi) is 2.61. The molecule has 0 heterocycles. The lowest BCUT2D eigenvalue weighted by molar-refractivity contribution is 0.0636. The molecular formula is C13H15FO. The maximum absolute atomic E-state index is 13.5. The van der Waals surface area contributed by atoms with Gasteiger partial charge in [0, 0.05) is 5.56 Å². The average Bonchev–Trinajstić information content (AvgIpc) is 2.23. The molecular weight excluding hydrogens is 191 g/mol. The monoisotopic (exact) mass is 206 g/mol. The second-order valence-electron chi connectivity index (χ2n) is 4.28. The van der Waals surface area contributed by atoms with Crippen LogP contribution in [0, 0.1) is 11.7 Å². The summed E-state index contributed by atoms with van der Waals surface area (Å²) in [5.74, 6) is 0.135. The van der Waals surface area contributed by atoms with Crippen LogP contribution in [0.15, 0.2) is 36.4 Å². The van der Waals surface area contributed by atoms with Crippen LogP contribution in [0.4, 0.5) is 4.39 Å². The van der Waals surface area contributed by atoms with Crippen LogP contribution >= 0.6 is 0 Å². The zero-order valence-corrected chi connectivity index (χ0v) is 8.78. The lowest BCUT2D eigenvalue weighted by Crippen LogP contribution is -2.27. The van der Waals surface area contributed by atoms with E-state index in [1.54, 1.807) is 24.3 Å². The first-order chi connectivity index (χ1) is 7.12. The summed E-state index contributed by atoms with van der Waals surface area (Å²) in [6.45, 7) is 2.09. The highest BCUT2D eigenvalue weighted by atomic mass is 19.1. The van der Waals surface area contributed by atoms with E-state index in [1.165, 1.54) is 6.07 Å². The largest absolute Gasteiger partial charge is 0.381 e. The van der Waals surface area contributed by atoms with Crippen molar-refractivity contribution >= 4 is 0 Å². The predicted molar refractivity (Wildman–Crippen MR) is 57.8 cm³/mol. The molecule has 2 rings (SSSR count). The molecule has 0 aliphatic heterocycles. The van der Waals surface area contributed by atoms with Crippen LogP contribution in [0.5, 0.6) is 0 Å². The number of hydrogen-bond donors (Lipinski definition) is 1. The van der Waals surface area contributed by atoms with Gasteiger partial charge in [0.05, 0.1) is 0 Å². The Morgan fingerprint density at radius 3 is 2.73 bits per heavy atom. The first-order valence-corrected chi connectivity index (χ1v) is 5.28. The molecule has 0 spiro atoms. The van der Waals surface area contributed by atoms with Crippen LogP contribution in [0.25, 0.3) is 0 Å². The molecule has 15 heavy (non-hydrogen) atoms. The molecule has 1 nitrogen and oxygen atoms in total. The molecule has 1 aliphatic rings. The van der Waals surface area contributed by atoms with Crippen molar-refractivity contribution in [3.8, 4) is 0 Å². The molecule has 2 atom stereocenters. The van der Waals surface area contributed by atoms with Crippen molar-refractivity contribution in [3.63, 3.8) is 0 Å². The zero-order valence-electron chi connectivity index (χ0n) is 8.78. The van der Waals surface area contributed by atoms with Gasteiger partial charge in [-0.3, -0.25) is 0 Å². The summed E-state index contributed by atoms with van der Waals surface area (Å²) in [7, 11) is 0. The van der Waals surface area contributed by atoms with Crippen molar-refractivity contribution in [1.82, 2.24) is 0 Å². The highest BCUT2D eigenvalue weighted by Gasteiger charge is 2.31. The van der Waals surface area contributed by atoms with E-state index in [4.69, 9.17) is 0 Å². The van der Waals surface area contributed by atoms with E-state index in [9.17, 15) is 9.50 Å². The smallest absolute Gasteiger partial charge is 0.129 e. The van der Waals surface area contributed by atoms with Crippen molar-refractivity contribution in [2.24, 2.45) is 5.92 Å². The minimum Gasteiger partial charge on any atom is -0.381 e. The number of allylic oxidation sites excluding steroid dienone is 1.